The van der Waals surface area contributed by atoms with Crippen LogP contribution in [0, 0.1) is 0 Å². The fourth-order valence-corrected chi connectivity index (χ4v) is 4.26. The summed E-state index contributed by atoms with van der Waals surface area (Å²) in [5, 5.41) is 0. The summed E-state index contributed by atoms with van der Waals surface area (Å²) in [5.74, 6) is -2.77. The molecule has 5 unspecified atom stereocenters. The van der Waals surface area contributed by atoms with E-state index in [0.29, 0.717) is 11.5 Å². The number of hydrogen-bond acceptors (Lipinski definition) is 13. The Bertz CT molecular complexity index is 1290. The summed E-state index contributed by atoms with van der Waals surface area (Å²) in [4.78, 5) is 60.6. The van der Waals surface area contributed by atoms with Crippen molar-refractivity contribution in [2.75, 3.05) is 20.3 Å². The predicted octanol–water partition coefficient (Wildman–Crippen LogP) is 2.56. The van der Waals surface area contributed by atoms with Crippen LogP contribution in [0.25, 0.3) is 0 Å². The minimum Gasteiger partial charge on any atom is -0.493 e. The van der Waals surface area contributed by atoms with Crippen LogP contribution in [-0.2, 0) is 54.2 Å². The van der Waals surface area contributed by atoms with Crippen molar-refractivity contribution in [2.45, 2.75) is 65.0 Å². The average molecular weight is 603 g/mol. The molecule has 0 aliphatic carbocycles. The third-order valence-electron chi connectivity index (χ3n) is 6.05. The summed E-state index contributed by atoms with van der Waals surface area (Å²) >= 11 is 0. The minimum absolute atomic E-state index is 0.217. The number of esters is 4. The number of Topliss-reactive ketones (excluding diaryl/α,β-unsaturated/α-hetero) is 1. The molecule has 43 heavy (non-hydrogen) atoms. The third kappa shape index (κ3) is 9.79. The molecule has 0 radical (unpaired) electrons. The van der Waals surface area contributed by atoms with E-state index >= 15 is 0 Å². The van der Waals surface area contributed by atoms with Crippen LogP contribution in [0.4, 0.5) is 0 Å². The van der Waals surface area contributed by atoms with Gasteiger partial charge in [0, 0.05) is 33.3 Å². The lowest BCUT2D eigenvalue weighted by Crippen LogP contribution is -2.63. The monoisotopic (exact) mass is 602 g/mol. The topological polar surface area (TPSA) is 159 Å². The molecule has 0 aromatic heterocycles. The Balaban J connectivity index is 1.83. The first-order valence-corrected chi connectivity index (χ1v) is 13.3. The molecule has 2 aromatic carbocycles. The summed E-state index contributed by atoms with van der Waals surface area (Å²) < 4.78 is 43.9. The van der Waals surface area contributed by atoms with Gasteiger partial charge in [-0.2, -0.15) is 0 Å². The fourth-order valence-electron chi connectivity index (χ4n) is 4.26. The van der Waals surface area contributed by atoms with Gasteiger partial charge in [-0.15, -0.1) is 0 Å². The van der Waals surface area contributed by atoms with Crippen LogP contribution in [0.15, 0.2) is 48.5 Å². The summed E-state index contributed by atoms with van der Waals surface area (Å²) in [5.41, 5.74) is 1.13. The van der Waals surface area contributed by atoms with Gasteiger partial charge in [0.25, 0.3) is 0 Å². The van der Waals surface area contributed by atoms with E-state index in [9.17, 15) is 24.0 Å². The second-order valence-electron chi connectivity index (χ2n) is 9.44. The highest BCUT2D eigenvalue weighted by molar-refractivity contribution is 5.97. The maximum Gasteiger partial charge on any atom is 0.303 e. The molecule has 1 aliphatic rings. The van der Waals surface area contributed by atoms with E-state index in [0.717, 1.165) is 33.3 Å². The zero-order valence-corrected chi connectivity index (χ0v) is 24.4. The van der Waals surface area contributed by atoms with E-state index in [4.69, 9.17) is 37.9 Å². The van der Waals surface area contributed by atoms with E-state index in [-0.39, 0.29) is 12.2 Å². The zero-order valence-electron chi connectivity index (χ0n) is 24.4. The molecule has 3 rings (SSSR count). The quantitative estimate of drug-likeness (QED) is 0.187. The molecule has 1 fully saturated rings. The second-order valence-corrected chi connectivity index (χ2v) is 9.44. The predicted molar refractivity (Wildman–Crippen MR) is 146 cm³/mol. The van der Waals surface area contributed by atoms with Gasteiger partial charge >= 0.3 is 23.9 Å². The summed E-state index contributed by atoms with van der Waals surface area (Å²) in [6.07, 6.45) is -6.90. The Morgan fingerprint density at radius 3 is 1.98 bits per heavy atom. The fraction of sp³-hybridized carbons (Fsp3) is 0.433. The SMILES string of the molecule is COc1ccc(C(=O)COC2OC(COC(C)=O)C(OC(C)=O)C(OC(C)=O)C2OC(C)=O)cc1OCc1ccccc1. The smallest absolute Gasteiger partial charge is 0.303 e. The van der Waals surface area contributed by atoms with Crippen LogP contribution in [0.2, 0.25) is 0 Å². The van der Waals surface area contributed by atoms with Crippen molar-refractivity contribution in [3.63, 3.8) is 0 Å². The molecule has 0 amide bonds. The van der Waals surface area contributed by atoms with Crippen LogP contribution in [0.1, 0.15) is 43.6 Å². The highest BCUT2D eigenvalue weighted by Crippen LogP contribution is 2.31. The lowest BCUT2D eigenvalue weighted by molar-refractivity contribution is -0.305. The van der Waals surface area contributed by atoms with Gasteiger partial charge in [-0.25, -0.2) is 0 Å². The van der Waals surface area contributed by atoms with Crippen LogP contribution in [0.3, 0.4) is 0 Å². The van der Waals surface area contributed by atoms with Gasteiger partial charge < -0.3 is 37.9 Å². The van der Waals surface area contributed by atoms with Crippen molar-refractivity contribution >= 4 is 29.7 Å². The number of methoxy groups -OCH3 is 1. The van der Waals surface area contributed by atoms with Gasteiger partial charge in [0.05, 0.1) is 7.11 Å². The number of rotatable bonds is 13. The number of ketones is 1. The van der Waals surface area contributed by atoms with Crippen LogP contribution < -0.4 is 9.47 Å². The first kappa shape index (κ1) is 33.0. The summed E-state index contributed by atoms with van der Waals surface area (Å²) in [6, 6.07) is 14.0. The number of ether oxygens (including phenoxy) is 8. The lowest BCUT2D eigenvalue weighted by Gasteiger charge is -2.43. The molecule has 0 saturated carbocycles. The molecule has 0 spiro atoms. The van der Waals surface area contributed by atoms with Crippen molar-refractivity contribution in [1.82, 2.24) is 0 Å². The van der Waals surface area contributed by atoms with Gasteiger partial charge in [0.15, 0.2) is 41.9 Å². The van der Waals surface area contributed by atoms with E-state index in [1.165, 1.54) is 19.2 Å². The highest BCUT2D eigenvalue weighted by Gasteiger charge is 2.52. The largest absolute Gasteiger partial charge is 0.493 e. The molecule has 5 atom stereocenters. The van der Waals surface area contributed by atoms with Gasteiger partial charge in [0.2, 0.25) is 0 Å². The van der Waals surface area contributed by atoms with Crippen molar-refractivity contribution in [2.24, 2.45) is 0 Å². The summed E-state index contributed by atoms with van der Waals surface area (Å²) in [6.45, 7) is 3.72. The molecular weight excluding hydrogens is 568 g/mol. The normalized spacial score (nSPS) is 21.2. The van der Waals surface area contributed by atoms with Crippen LogP contribution >= 0.6 is 0 Å². The van der Waals surface area contributed by atoms with Crippen molar-refractivity contribution in [1.29, 1.82) is 0 Å². The molecule has 0 N–H and O–H groups in total. The second kappa shape index (κ2) is 15.7. The van der Waals surface area contributed by atoms with Crippen LogP contribution in [0.5, 0.6) is 11.5 Å². The molecule has 1 heterocycles. The van der Waals surface area contributed by atoms with Gasteiger partial charge in [-0.05, 0) is 23.8 Å². The number of hydrogen-bond donors (Lipinski definition) is 0. The Morgan fingerprint density at radius 1 is 0.744 bits per heavy atom. The Labute approximate surface area is 248 Å². The van der Waals surface area contributed by atoms with Gasteiger partial charge in [0.1, 0.15) is 25.9 Å². The van der Waals surface area contributed by atoms with E-state index in [1.807, 2.05) is 30.3 Å². The van der Waals surface area contributed by atoms with Crippen molar-refractivity contribution in [3.8, 4) is 11.5 Å². The number of benzene rings is 2. The molecule has 1 aliphatic heterocycles. The first-order valence-electron chi connectivity index (χ1n) is 13.3. The standard InChI is InChI=1S/C30H34O13/c1-17(31)37-16-26-27(40-18(2)32)28(41-19(3)33)29(42-20(4)34)30(43-26)39-15-23(35)22-11-12-24(36-5)25(13-22)38-14-21-9-7-6-8-10-21/h6-13,26-30H,14-16H2,1-5H3. The number of carbonyl (C=O) groups excluding carboxylic acids is 5. The maximum absolute atomic E-state index is 13.2. The molecule has 232 valence electrons. The molecule has 13 nitrogen and oxygen atoms in total. The molecular formula is C30H34O13. The zero-order chi connectivity index (χ0) is 31.5. The van der Waals surface area contributed by atoms with E-state index in [1.54, 1.807) is 6.07 Å². The number of carbonyl (C=O) groups is 5. The van der Waals surface area contributed by atoms with Gasteiger partial charge in [-0.1, -0.05) is 30.3 Å². The average Bonchev–Trinajstić information content (AvgIpc) is 2.96. The third-order valence-corrected chi connectivity index (χ3v) is 6.05. The molecule has 2 aromatic rings. The lowest BCUT2D eigenvalue weighted by atomic mass is 9.98. The molecule has 0 bridgehead atoms. The van der Waals surface area contributed by atoms with E-state index < -0.39 is 73.6 Å². The van der Waals surface area contributed by atoms with Gasteiger partial charge in [-0.3, -0.25) is 24.0 Å². The van der Waals surface area contributed by atoms with E-state index in [2.05, 4.69) is 0 Å². The highest BCUT2D eigenvalue weighted by atomic mass is 16.7. The maximum atomic E-state index is 13.2. The Kier molecular flexibility index (Phi) is 12.0. The molecule has 1 saturated heterocycles. The van der Waals surface area contributed by atoms with Crippen molar-refractivity contribution in [3.05, 3.63) is 59.7 Å². The molecule has 13 heteroatoms. The van der Waals surface area contributed by atoms with Crippen molar-refractivity contribution < 1.29 is 61.9 Å². The Hall–Kier alpha value is -4.49. The minimum atomic E-state index is -1.49. The van der Waals surface area contributed by atoms with Crippen LogP contribution in [-0.4, -0.2) is 80.7 Å². The summed E-state index contributed by atoms with van der Waals surface area (Å²) in [7, 11) is 1.47. The Morgan fingerprint density at radius 2 is 1.37 bits per heavy atom. The first-order chi connectivity index (χ1) is 20.5.